The maximum absolute atomic E-state index is 3.87. The molecule has 0 aliphatic carbocycles. The van der Waals surface area contributed by atoms with Crippen LogP contribution in [0.4, 0.5) is 0 Å². The third-order valence-corrected chi connectivity index (χ3v) is 1.69. The highest BCUT2D eigenvalue weighted by atomic mass is 15.2. The van der Waals surface area contributed by atoms with Crippen LogP contribution in [0.5, 0.6) is 0 Å². The van der Waals surface area contributed by atoms with E-state index in [1.807, 2.05) is 30.4 Å². The van der Waals surface area contributed by atoms with E-state index < -0.39 is 0 Å². The van der Waals surface area contributed by atoms with Crippen molar-refractivity contribution in [3.05, 3.63) is 41.5 Å². The van der Waals surface area contributed by atoms with Gasteiger partial charge in [0.2, 0.25) is 0 Å². The van der Waals surface area contributed by atoms with Gasteiger partial charge in [0.15, 0.2) is 0 Å². The number of benzene rings is 1. The van der Waals surface area contributed by atoms with E-state index in [1.54, 1.807) is 12.4 Å². The van der Waals surface area contributed by atoms with Gasteiger partial charge in [-0.05, 0) is 11.6 Å². The highest BCUT2D eigenvalue weighted by Gasteiger charge is 1.94. The molecule has 1 aromatic rings. The number of rotatable bonds is 0. The predicted octanol–water partition coefficient (Wildman–Crippen LogP) is 2.12. The van der Waals surface area contributed by atoms with Crippen molar-refractivity contribution in [1.82, 2.24) is 0 Å². The third-order valence-electron chi connectivity index (χ3n) is 1.69. The fraction of sp³-hybridized carbons (Fsp3) is 0. The lowest BCUT2D eigenvalue weighted by molar-refractivity contribution is 1.27. The smallest absolute Gasteiger partial charge is 0.0574 e. The van der Waals surface area contributed by atoms with Gasteiger partial charge in [-0.25, -0.2) is 0 Å². The topological polar surface area (TPSA) is 24.7 Å². The minimum atomic E-state index is 1.10. The maximum Gasteiger partial charge on any atom is 0.0574 e. The summed E-state index contributed by atoms with van der Waals surface area (Å²) in [5, 5.41) is 7.65. The summed E-state index contributed by atoms with van der Waals surface area (Å²) in [7, 11) is 0. The van der Waals surface area contributed by atoms with Gasteiger partial charge < -0.3 is 0 Å². The lowest BCUT2D eigenvalue weighted by Gasteiger charge is -1.98. The molecule has 0 bridgehead atoms. The summed E-state index contributed by atoms with van der Waals surface area (Å²) in [5.41, 5.74) is 2.28. The molecule has 1 heterocycles. The largest absolute Gasteiger partial charge is 0.159 e. The molecule has 0 fully saturated rings. The van der Waals surface area contributed by atoms with Crippen molar-refractivity contribution >= 4 is 18.5 Å². The third kappa shape index (κ3) is 1.32. The number of allylic oxidation sites excluding steroid dienone is 1. The zero-order chi connectivity index (χ0) is 8.23. The van der Waals surface area contributed by atoms with E-state index >= 15 is 0 Å². The van der Waals surface area contributed by atoms with Gasteiger partial charge in [0, 0.05) is 11.8 Å². The SMILES string of the molecule is C1=C/c2ccccc2\C=N/N=C\1. The standard InChI is InChI=1S/C10H8N2/c1-2-5-10-8-12-11-7-3-6-9(10)4-1/h1-8H/b6-3-,7-3?,9-6?,10-8?,11-7-,12-8-,12-11?. The Morgan fingerprint density at radius 3 is 2.67 bits per heavy atom. The van der Waals surface area contributed by atoms with Crippen LogP contribution >= 0.6 is 0 Å². The number of hydrogen-bond acceptors (Lipinski definition) is 2. The van der Waals surface area contributed by atoms with Crippen molar-refractivity contribution in [2.75, 3.05) is 0 Å². The molecule has 0 saturated heterocycles. The van der Waals surface area contributed by atoms with Gasteiger partial charge in [0.25, 0.3) is 0 Å². The molecule has 12 heavy (non-hydrogen) atoms. The minimum absolute atomic E-state index is 1.10. The number of nitrogens with zero attached hydrogens (tertiary/aromatic N) is 2. The van der Waals surface area contributed by atoms with Crippen LogP contribution in [0.15, 0.2) is 40.5 Å². The van der Waals surface area contributed by atoms with Gasteiger partial charge in [-0.2, -0.15) is 10.2 Å². The van der Waals surface area contributed by atoms with E-state index in [9.17, 15) is 0 Å². The quantitative estimate of drug-likeness (QED) is 0.549. The molecule has 2 heteroatoms. The molecule has 0 spiro atoms. The van der Waals surface area contributed by atoms with Gasteiger partial charge in [-0.15, -0.1) is 0 Å². The molecule has 0 atom stereocenters. The molecule has 1 aliphatic heterocycles. The first kappa shape index (κ1) is 6.98. The maximum atomic E-state index is 3.87. The Morgan fingerprint density at radius 2 is 1.75 bits per heavy atom. The first-order chi connectivity index (χ1) is 5.97. The van der Waals surface area contributed by atoms with Crippen molar-refractivity contribution in [3.8, 4) is 0 Å². The average Bonchev–Trinajstić information content (AvgIpc) is 2.06. The predicted molar refractivity (Wildman–Crippen MR) is 51.6 cm³/mol. The molecule has 58 valence electrons. The molecule has 0 N–H and O–H groups in total. The van der Waals surface area contributed by atoms with Crippen LogP contribution in [-0.2, 0) is 0 Å². The molecule has 2 rings (SSSR count). The van der Waals surface area contributed by atoms with Crippen molar-refractivity contribution in [1.29, 1.82) is 0 Å². The Hall–Kier alpha value is -1.70. The Labute approximate surface area is 71.0 Å². The second kappa shape index (κ2) is 3.13. The molecular formula is C10H8N2. The van der Waals surface area contributed by atoms with Gasteiger partial charge in [0.05, 0.1) is 6.21 Å². The molecule has 0 saturated carbocycles. The summed E-state index contributed by atoms with van der Waals surface area (Å²) in [5.74, 6) is 0. The van der Waals surface area contributed by atoms with Crippen LogP contribution in [0.1, 0.15) is 11.1 Å². The van der Waals surface area contributed by atoms with Crippen LogP contribution < -0.4 is 0 Å². The number of fused-ring (bicyclic) bond motifs is 1. The normalized spacial score (nSPS) is 21.7. The zero-order valence-electron chi connectivity index (χ0n) is 6.51. The summed E-state index contributed by atoms with van der Waals surface area (Å²) in [6, 6.07) is 8.07. The first-order valence-corrected chi connectivity index (χ1v) is 3.79. The second-order valence-electron chi connectivity index (χ2n) is 2.50. The Balaban J connectivity index is 2.54. The summed E-state index contributed by atoms with van der Waals surface area (Å²) >= 11 is 0. The molecule has 0 radical (unpaired) electrons. The first-order valence-electron chi connectivity index (χ1n) is 3.79. The van der Waals surface area contributed by atoms with Crippen molar-refractivity contribution in [2.24, 2.45) is 10.2 Å². The van der Waals surface area contributed by atoms with Crippen LogP contribution in [0.3, 0.4) is 0 Å². The van der Waals surface area contributed by atoms with Crippen molar-refractivity contribution in [2.45, 2.75) is 0 Å². The molecule has 1 aromatic carbocycles. The van der Waals surface area contributed by atoms with Gasteiger partial charge in [-0.3, -0.25) is 0 Å². The van der Waals surface area contributed by atoms with Crippen LogP contribution in [0.2, 0.25) is 0 Å². The van der Waals surface area contributed by atoms with E-state index in [0.717, 1.165) is 5.56 Å². The average molecular weight is 156 g/mol. The fourth-order valence-corrected chi connectivity index (χ4v) is 1.10. The van der Waals surface area contributed by atoms with Gasteiger partial charge in [-0.1, -0.05) is 30.3 Å². The lowest BCUT2D eigenvalue weighted by atomic mass is 10.1. The highest BCUT2D eigenvalue weighted by molar-refractivity contribution is 5.89. The fourth-order valence-electron chi connectivity index (χ4n) is 1.10. The monoisotopic (exact) mass is 156 g/mol. The second-order valence-corrected chi connectivity index (χ2v) is 2.50. The van der Waals surface area contributed by atoms with Crippen LogP contribution in [0, 0.1) is 0 Å². The molecule has 0 unspecified atom stereocenters. The molecule has 0 aromatic heterocycles. The van der Waals surface area contributed by atoms with Gasteiger partial charge in [0.1, 0.15) is 0 Å². The van der Waals surface area contributed by atoms with E-state index in [1.165, 1.54) is 5.56 Å². The van der Waals surface area contributed by atoms with Crippen LogP contribution in [-0.4, -0.2) is 12.4 Å². The Kier molecular flexibility index (Phi) is 1.82. The van der Waals surface area contributed by atoms with E-state index in [4.69, 9.17) is 0 Å². The van der Waals surface area contributed by atoms with E-state index in [0.29, 0.717) is 0 Å². The number of hydrogen-bond donors (Lipinski definition) is 0. The summed E-state index contributed by atoms with van der Waals surface area (Å²) in [4.78, 5) is 0. The molecule has 2 nitrogen and oxygen atoms in total. The minimum Gasteiger partial charge on any atom is -0.159 e. The lowest BCUT2D eigenvalue weighted by Crippen LogP contribution is -1.87. The molecular weight excluding hydrogens is 148 g/mol. The Bertz CT molecular complexity index is 327. The summed E-state index contributed by atoms with van der Waals surface area (Å²) in [6.07, 6.45) is 7.33. The van der Waals surface area contributed by atoms with Gasteiger partial charge >= 0.3 is 0 Å². The van der Waals surface area contributed by atoms with Crippen molar-refractivity contribution in [3.63, 3.8) is 0 Å². The van der Waals surface area contributed by atoms with Crippen molar-refractivity contribution < 1.29 is 0 Å². The molecule has 1 aliphatic rings. The zero-order valence-corrected chi connectivity index (χ0v) is 6.51. The molecule has 0 amide bonds. The van der Waals surface area contributed by atoms with E-state index in [2.05, 4.69) is 16.3 Å². The highest BCUT2D eigenvalue weighted by Crippen LogP contribution is 2.08. The Morgan fingerprint density at radius 1 is 0.917 bits per heavy atom. The van der Waals surface area contributed by atoms with Crippen LogP contribution in [0.25, 0.3) is 6.08 Å². The van der Waals surface area contributed by atoms with E-state index in [-0.39, 0.29) is 0 Å². The summed E-state index contributed by atoms with van der Waals surface area (Å²) in [6.45, 7) is 0. The summed E-state index contributed by atoms with van der Waals surface area (Å²) < 4.78 is 0.